The van der Waals surface area contributed by atoms with Gasteiger partial charge in [0.05, 0.1) is 6.67 Å². The van der Waals surface area contributed by atoms with Crippen LogP contribution in [0.15, 0.2) is 30.3 Å². The third-order valence-corrected chi connectivity index (χ3v) is 9.13. The molecule has 5 saturated carbocycles. The van der Waals surface area contributed by atoms with Gasteiger partial charge >= 0.3 is 0 Å². The Bertz CT molecular complexity index is 808. The van der Waals surface area contributed by atoms with Crippen molar-refractivity contribution in [3.8, 4) is 0 Å². The molecule has 164 valence electrons. The second-order valence-corrected chi connectivity index (χ2v) is 11.2. The number of carbonyl (C=O) groups is 1. The Morgan fingerprint density at radius 1 is 1.00 bits per heavy atom. The number of Topliss-reactive ketones (excluding diaryl/α,β-unsaturated/α-hetero) is 1. The molecule has 0 saturated heterocycles. The zero-order valence-corrected chi connectivity index (χ0v) is 17.8. The van der Waals surface area contributed by atoms with Gasteiger partial charge in [-0.2, -0.15) is 0 Å². The van der Waals surface area contributed by atoms with E-state index in [0.29, 0.717) is 31.6 Å². The minimum atomic E-state index is -2.72. The first-order chi connectivity index (χ1) is 14.3. The highest BCUT2D eigenvalue weighted by Gasteiger charge is 2.65. The molecule has 3 unspecified atom stereocenters. The molecule has 5 atom stereocenters. The summed E-state index contributed by atoms with van der Waals surface area (Å²) in [6.45, 7) is -0.359. The highest BCUT2D eigenvalue weighted by Crippen LogP contribution is 2.71. The Morgan fingerprint density at radius 3 is 2.53 bits per heavy atom. The summed E-state index contributed by atoms with van der Waals surface area (Å²) in [6.07, 6.45) is 7.55. The van der Waals surface area contributed by atoms with Gasteiger partial charge in [-0.3, -0.25) is 9.18 Å². The Hall–Kier alpha value is -1.32. The van der Waals surface area contributed by atoms with Crippen LogP contribution in [-0.4, -0.2) is 18.4 Å². The van der Waals surface area contributed by atoms with E-state index in [1.54, 1.807) is 0 Å². The molecular formula is C26H33F3O. The minimum absolute atomic E-state index is 0.0102. The van der Waals surface area contributed by atoms with E-state index >= 15 is 0 Å². The highest BCUT2D eigenvalue weighted by molar-refractivity contribution is 5.86. The minimum Gasteiger partial charge on any atom is -0.299 e. The van der Waals surface area contributed by atoms with Crippen LogP contribution in [0.25, 0.3) is 0 Å². The Labute approximate surface area is 177 Å². The zero-order valence-electron chi connectivity index (χ0n) is 17.8. The molecule has 30 heavy (non-hydrogen) atoms. The molecule has 0 aromatic heterocycles. The van der Waals surface area contributed by atoms with Gasteiger partial charge in [-0.25, -0.2) is 8.78 Å². The molecular weight excluding hydrogens is 385 g/mol. The molecule has 5 aliphatic rings. The van der Waals surface area contributed by atoms with Crippen molar-refractivity contribution in [1.29, 1.82) is 0 Å². The average molecular weight is 419 g/mol. The third-order valence-electron chi connectivity index (χ3n) is 9.13. The summed E-state index contributed by atoms with van der Waals surface area (Å²) in [7, 11) is 0. The van der Waals surface area contributed by atoms with Crippen molar-refractivity contribution in [1.82, 2.24) is 0 Å². The number of hydrogen-bond acceptors (Lipinski definition) is 1. The molecule has 5 aliphatic carbocycles. The van der Waals surface area contributed by atoms with Crippen molar-refractivity contribution in [2.45, 2.75) is 88.4 Å². The largest absolute Gasteiger partial charge is 0.299 e. The summed E-state index contributed by atoms with van der Waals surface area (Å²) in [6, 6.07) is 10.4. The van der Waals surface area contributed by atoms with Gasteiger partial charge in [0.25, 0.3) is 5.92 Å². The SMILES string of the molecule is O=C(CC1CCCCC1(F)F)C12CC3C[C@@](CCF)(C1)C[C@](c1ccccc1)(C3)C2. The number of carbonyl (C=O) groups excluding carboxylic acids is 1. The fourth-order valence-corrected chi connectivity index (χ4v) is 8.40. The van der Waals surface area contributed by atoms with Crippen LogP contribution in [0.2, 0.25) is 0 Å². The van der Waals surface area contributed by atoms with Crippen LogP contribution in [0.1, 0.15) is 82.6 Å². The van der Waals surface area contributed by atoms with E-state index in [9.17, 15) is 18.0 Å². The van der Waals surface area contributed by atoms with Gasteiger partial charge < -0.3 is 0 Å². The molecule has 0 N–H and O–H groups in total. The van der Waals surface area contributed by atoms with Crippen LogP contribution < -0.4 is 0 Å². The Morgan fingerprint density at radius 2 is 1.80 bits per heavy atom. The van der Waals surface area contributed by atoms with Gasteiger partial charge in [-0.05, 0) is 80.1 Å². The fraction of sp³-hybridized carbons (Fsp3) is 0.731. The van der Waals surface area contributed by atoms with Crippen molar-refractivity contribution >= 4 is 5.78 Å². The number of ketones is 1. The first kappa shape index (κ1) is 20.6. The Kier molecular flexibility index (Phi) is 4.87. The van der Waals surface area contributed by atoms with Crippen molar-refractivity contribution in [3.63, 3.8) is 0 Å². The van der Waals surface area contributed by atoms with Crippen molar-refractivity contribution < 1.29 is 18.0 Å². The second-order valence-electron chi connectivity index (χ2n) is 11.2. The van der Waals surface area contributed by atoms with Crippen LogP contribution in [-0.2, 0) is 10.2 Å². The lowest BCUT2D eigenvalue weighted by Gasteiger charge is -2.66. The van der Waals surface area contributed by atoms with Crippen LogP contribution >= 0.6 is 0 Å². The number of rotatable bonds is 6. The van der Waals surface area contributed by atoms with E-state index in [1.165, 1.54) is 5.56 Å². The third kappa shape index (κ3) is 3.24. The first-order valence-electron chi connectivity index (χ1n) is 11.8. The summed E-state index contributed by atoms with van der Waals surface area (Å²) >= 11 is 0. The van der Waals surface area contributed by atoms with Crippen molar-refractivity contribution in [3.05, 3.63) is 35.9 Å². The lowest BCUT2D eigenvalue weighted by molar-refractivity contribution is -0.167. The maximum atomic E-state index is 14.5. The van der Waals surface area contributed by atoms with Gasteiger partial charge in [0.2, 0.25) is 0 Å². The standard InChI is InChI=1S/C26H33F3O/c27-11-10-23-13-19-14-24(16-23,20-6-2-1-3-7-20)18-25(15-19,17-23)22(30)12-21-8-4-5-9-26(21,28)29/h1-3,6-7,19,21H,4-5,8-18H2/t19?,21?,23-,24-,25?/m1/s1. The van der Waals surface area contributed by atoms with Crippen LogP contribution in [0.5, 0.6) is 0 Å². The summed E-state index contributed by atoms with van der Waals surface area (Å²) in [4.78, 5) is 13.7. The molecule has 0 spiro atoms. The normalized spacial score (nSPS) is 41.7. The molecule has 1 aromatic rings. The smallest absolute Gasteiger partial charge is 0.251 e. The second kappa shape index (κ2) is 7.10. The summed E-state index contributed by atoms with van der Waals surface area (Å²) in [5.41, 5.74) is 0.491. The maximum absolute atomic E-state index is 14.5. The number of benzene rings is 1. The average Bonchev–Trinajstić information content (AvgIpc) is 2.69. The molecule has 1 aromatic carbocycles. The van der Waals surface area contributed by atoms with Crippen molar-refractivity contribution in [2.24, 2.45) is 22.7 Å². The monoisotopic (exact) mass is 418 g/mol. The fourth-order valence-electron chi connectivity index (χ4n) is 8.40. The number of halogens is 3. The van der Waals surface area contributed by atoms with Gasteiger partial charge in [0.15, 0.2) is 0 Å². The molecule has 5 fully saturated rings. The lowest BCUT2D eigenvalue weighted by Crippen LogP contribution is -2.61. The number of hydrogen-bond donors (Lipinski definition) is 0. The summed E-state index contributed by atoms with van der Waals surface area (Å²) < 4.78 is 42.7. The molecule has 0 amide bonds. The molecule has 0 aliphatic heterocycles. The highest BCUT2D eigenvalue weighted by atomic mass is 19.3. The quantitative estimate of drug-likeness (QED) is 0.484. The molecule has 4 heteroatoms. The molecule has 6 rings (SSSR count). The number of alkyl halides is 3. The molecule has 0 radical (unpaired) electrons. The van der Waals surface area contributed by atoms with E-state index in [2.05, 4.69) is 12.1 Å². The predicted molar refractivity (Wildman–Crippen MR) is 111 cm³/mol. The van der Waals surface area contributed by atoms with Crippen LogP contribution in [0, 0.1) is 22.7 Å². The van der Waals surface area contributed by atoms with E-state index in [-0.39, 0.29) is 36.1 Å². The molecule has 0 heterocycles. The first-order valence-corrected chi connectivity index (χ1v) is 11.8. The zero-order chi connectivity index (χ0) is 21.0. The van der Waals surface area contributed by atoms with Crippen LogP contribution in [0.4, 0.5) is 13.2 Å². The van der Waals surface area contributed by atoms with E-state index in [1.807, 2.05) is 18.2 Å². The lowest BCUT2D eigenvalue weighted by atomic mass is 9.37. The summed E-state index contributed by atoms with van der Waals surface area (Å²) in [5.74, 6) is -3.06. The van der Waals surface area contributed by atoms with Crippen molar-refractivity contribution in [2.75, 3.05) is 6.67 Å². The molecule has 4 bridgehead atoms. The van der Waals surface area contributed by atoms with Gasteiger partial charge in [0.1, 0.15) is 5.78 Å². The van der Waals surface area contributed by atoms with Gasteiger partial charge in [0, 0.05) is 24.2 Å². The van der Waals surface area contributed by atoms with E-state index in [4.69, 9.17) is 0 Å². The van der Waals surface area contributed by atoms with Gasteiger partial charge in [-0.1, -0.05) is 36.8 Å². The predicted octanol–water partition coefficient (Wildman–Crippen LogP) is 7.04. The molecule has 1 nitrogen and oxygen atoms in total. The topological polar surface area (TPSA) is 17.1 Å². The van der Waals surface area contributed by atoms with E-state index < -0.39 is 17.3 Å². The van der Waals surface area contributed by atoms with Crippen LogP contribution in [0.3, 0.4) is 0 Å². The van der Waals surface area contributed by atoms with Gasteiger partial charge in [-0.15, -0.1) is 0 Å². The Balaban J connectivity index is 1.49. The summed E-state index contributed by atoms with van der Waals surface area (Å²) in [5, 5.41) is 0. The maximum Gasteiger partial charge on any atom is 0.251 e. The van der Waals surface area contributed by atoms with E-state index in [0.717, 1.165) is 38.5 Å².